The fourth-order valence-electron chi connectivity index (χ4n) is 2.01. The van der Waals surface area contributed by atoms with E-state index in [4.69, 9.17) is 4.74 Å². The lowest BCUT2D eigenvalue weighted by atomic mass is 10.2. The first-order valence-corrected chi connectivity index (χ1v) is 6.16. The Morgan fingerprint density at radius 3 is 2.55 bits per heavy atom. The number of aromatic nitrogens is 2. The highest BCUT2D eigenvalue weighted by molar-refractivity contribution is 5.87. The molecule has 0 amide bonds. The molecule has 0 aliphatic rings. The topological polar surface area (TPSA) is 64.1 Å². The van der Waals surface area contributed by atoms with E-state index in [0.717, 1.165) is 10.2 Å². The van der Waals surface area contributed by atoms with Gasteiger partial charge in [-0.2, -0.15) is 4.68 Å². The fraction of sp³-hybridized carbons (Fsp3) is 0.0667. The van der Waals surface area contributed by atoms with Crippen LogP contribution in [0.4, 0.5) is 4.79 Å². The number of H-pyrrole nitrogens is 1. The Kier molecular flexibility index (Phi) is 3.09. The van der Waals surface area contributed by atoms with Crippen LogP contribution in [0.1, 0.15) is 5.56 Å². The molecule has 0 saturated heterocycles. The van der Waals surface area contributed by atoms with Crippen molar-refractivity contribution in [2.75, 3.05) is 0 Å². The Morgan fingerprint density at radius 2 is 1.75 bits per heavy atom. The van der Waals surface area contributed by atoms with Gasteiger partial charge in [0.05, 0.1) is 10.9 Å². The third kappa shape index (κ3) is 2.21. The van der Waals surface area contributed by atoms with Crippen molar-refractivity contribution in [1.29, 1.82) is 0 Å². The third-order valence-corrected chi connectivity index (χ3v) is 2.99. The number of ether oxygens (including phenoxy) is 1. The zero-order valence-corrected chi connectivity index (χ0v) is 10.6. The second-order valence-electron chi connectivity index (χ2n) is 4.33. The quantitative estimate of drug-likeness (QED) is 0.776. The van der Waals surface area contributed by atoms with E-state index in [1.807, 2.05) is 30.3 Å². The van der Waals surface area contributed by atoms with Crippen molar-refractivity contribution in [1.82, 2.24) is 9.78 Å². The maximum absolute atomic E-state index is 12.0. The highest BCUT2D eigenvalue weighted by atomic mass is 16.6. The number of hydrogen-bond donors (Lipinski definition) is 1. The standard InChI is InChI=1S/C15H12N2O3/c18-14-12-8-4-5-9-13(12)17(16-14)15(19)20-10-11-6-2-1-3-7-11/h1-9H,10H2,(H,16,18). The molecule has 0 aliphatic heterocycles. The van der Waals surface area contributed by atoms with Gasteiger partial charge in [0.1, 0.15) is 6.61 Å². The lowest BCUT2D eigenvalue weighted by molar-refractivity contribution is 0.139. The first-order valence-electron chi connectivity index (χ1n) is 6.16. The van der Waals surface area contributed by atoms with Gasteiger partial charge in [-0.15, -0.1) is 0 Å². The van der Waals surface area contributed by atoms with Crippen LogP contribution in [0.15, 0.2) is 59.4 Å². The highest BCUT2D eigenvalue weighted by Gasteiger charge is 2.13. The molecule has 0 unspecified atom stereocenters. The minimum absolute atomic E-state index is 0.161. The number of para-hydroxylation sites is 1. The van der Waals surface area contributed by atoms with E-state index in [2.05, 4.69) is 5.10 Å². The Morgan fingerprint density at radius 1 is 1.05 bits per heavy atom. The first kappa shape index (κ1) is 12.2. The van der Waals surface area contributed by atoms with E-state index >= 15 is 0 Å². The third-order valence-electron chi connectivity index (χ3n) is 2.99. The van der Waals surface area contributed by atoms with Crippen molar-refractivity contribution < 1.29 is 9.53 Å². The maximum Gasteiger partial charge on any atom is 0.433 e. The molecule has 0 radical (unpaired) electrons. The predicted octanol–water partition coefficient (Wildman–Crippen LogP) is 2.51. The molecule has 0 saturated carbocycles. The van der Waals surface area contributed by atoms with E-state index < -0.39 is 6.09 Å². The summed E-state index contributed by atoms with van der Waals surface area (Å²) in [5, 5.41) is 2.94. The second kappa shape index (κ2) is 5.05. The summed E-state index contributed by atoms with van der Waals surface area (Å²) in [5.41, 5.74) is 1.09. The Bertz CT molecular complexity index is 803. The molecule has 0 spiro atoms. The predicted molar refractivity (Wildman–Crippen MR) is 74.6 cm³/mol. The van der Waals surface area contributed by atoms with Gasteiger partial charge >= 0.3 is 6.09 Å². The number of benzene rings is 2. The molecule has 0 aliphatic carbocycles. The van der Waals surface area contributed by atoms with Gasteiger partial charge in [-0.1, -0.05) is 42.5 Å². The van der Waals surface area contributed by atoms with E-state index in [-0.39, 0.29) is 12.2 Å². The van der Waals surface area contributed by atoms with Crippen LogP contribution in [0.3, 0.4) is 0 Å². The molecule has 1 heterocycles. The molecule has 2 aromatic carbocycles. The molecule has 0 atom stereocenters. The number of nitrogens with zero attached hydrogens (tertiary/aromatic N) is 1. The van der Waals surface area contributed by atoms with Crippen molar-refractivity contribution in [3.63, 3.8) is 0 Å². The largest absolute Gasteiger partial charge is 0.443 e. The number of carbonyl (C=O) groups is 1. The van der Waals surface area contributed by atoms with Crippen molar-refractivity contribution in [2.45, 2.75) is 6.61 Å². The molecule has 0 bridgehead atoms. The Hall–Kier alpha value is -2.82. The summed E-state index contributed by atoms with van der Waals surface area (Å²) in [6, 6.07) is 16.2. The van der Waals surface area contributed by atoms with Crippen molar-refractivity contribution in [3.05, 3.63) is 70.5 Å². The number of rotatable bonds is 2. The molecule has 1 aromatic heterocycles. The zero-order valence-electron chi connectivity index (χ0n) is 10.6. The van der Waals surface area contributed by atoms with E-state index in [0.29, 0.717) is 10.9 Å². The monoisotopic (exact) mass is 268 g/mol. The van der Waals surface area contributed by atoms with Crippen LogP contribution in [0, 0.1) is 0 Å². The summed E-state index contributed by atoms with van der Waals surface area (Å²) in [7, 11) is 0. The molecule has 0 fully saturated rings. The molecular formula is C15H12N2O3. The molecular weight excluding hydrogens is 256 g/mol. The van der Waals surface area contributed by atoms with Crippen LogP contribution in [0.2, 0.25) is 0 Å². The summed E-state index contributed by atoms with van der Waals surface area (Å²) in [6.07, 6.45) is -0.604. The fourth-order valence-corrected chi connectivity index (χ4v) is 2.01. The van der Waals surface area contributed by atoms with Crippen molar-refractivity contribution >= 4 is 17.0 Å². The minimum atomic E-state index is -0.604. The number of hydrogen-bond acceptors (Lipinski definition) is 3. The molecule has 1 N–H and O–H groups in total. The second-order valence-corrected chi connectivity index (χ2v) is 4.33. The molecule has 3 rings (SSSR count). The zero-order chi connectivity index (χ0) is 13.9. The van der Waals surface area contributed by atoms with E-state index in [1.54, 1.807) is 24.3 Å². The van der Waals surface area contributed by atoms with Crippen LogP contribution in [-0.2, 0) is 11.3 Å². The van der Waals surface area contributed by atoms with Crippen molar-refractivity contribution in [3.8, 4) is 0 Å². The summed E-state index contributed by atoms with van der Waals surface area (Å²) < 4.78 is 6.32. The van der Waals surface area contributed by atoms with Gasteiger partial charge < -0.3 is 4.74 Å². The number of nitrogens with one attached hydrogen (secondary N) is 1. The van der Waals surface area contributed by atoms with Gasteiger partial charge in [0, 0.05) is 0 Å². The lowest BCUT2D eigenvalue weighted by Gasteiger charge is -2.05. The minimum Gasteiger partial charge on any atom is -0.443 e. The van der Waals surface area contributed by atoms with Crippen molar-refractivity contribution in [2.24, 2.45) is 0 Å². The smallest absolute Gasteiger partial charge is 0.433 e. The van der Waals surface area contributed by atoms with Gasteiger partial charge in [0.2, 0.25) is 0 Å². The molecule has 3 aromatic rings. The summed E-state index contributed by atoms with van der Waals surface area (Å²) >= 11 is 0. The molecule has 100 valence electrons. The lowest BCUT2D eigenvalue weighted by Crippen LogP contribution is -2.17. The molecule has 20 heavy (non-hydrogen) atoms. The van der Waals surface area contributed by atoms with Crippen LogP contribution in [0.5, 0.6) is 0 Å². The summed E-state index contributed by atoms with van der Waals surface area (Å²) in [4.78, 5) is 23.7. The highest BCUT2D eigenvalue weighted by Crippen LogP contribution is 2.10. The van der Waals surface area contributed by atoms with Gasteiger partial charge in [-0.25, -0.2) is 4.79 Å². The van der Waals surface area contributed by atoms with Gasteiger partial charge in [-0.05, 0) is 17.7 Å². The van der Waals surface area contributed by atoms with Gasteiger partial charge in [0.25, 0.3) is 5.56 Å². The maximum atomic E-state index is 12.0. The average Bonchev–Trinajstić information content (AvgIpc) is 2.84. The normalized spacial score (nSPS) is 10.6. The van der Waals surface area contributed by atoms with Gasteiger partial charge in [0.15, 0.2) is 0 Å². The van der Waals surface area contributed by atoms with E-state index in [9.17, 15) is 9.59 Å². The number of carbonyl (C=O) groups excluding carboxylic acids is 1. The molecule has 5 heteroatoms. The molecule has 5 nitrogen and oxygen atoms in total. The van der Waals surface area contributed by atoms with Crippen LogP contribution < -0.4 is 5.56 Å². The summed E-state index contributed by atoms with van der Waals surface area (Å²) in [6.45, 7) is 0.161. The van der Waals surface area contributed by atoms with Crippen LogP contribution in [0.25, 0.3) is 10.9 Å². The average molecular weight is 268 g/mol. The van der Waals surface area contributed by atoms with Gasteiger partial charge in [-0.3, -0.25) is 9.89 Å². The Balaban J connectivity index is 1.85. The van der Waals surface area contributed by atoms with Crippen LogP contribution in [-0.4, -0.2) is 15.9 Å². The summed E-state index contributed by atoms with van der Waals surface area (Å²) in [5.74, 6) is 0. The van der Waals surface area contributed by atoms with Crippen LogP contribution >= 0.6 is 0 Å². The number of aromatic amines is 1. The number of fused-ring (bicyclic) bond motifs is 1. The SMILES string of the molecule is O=C(OCc1ccccc1)n1[nH]c(=O)c2ccccc21. The first-order chi connectivity index (χ1) is 9.75. The Labute approximate surface area is 114 Å². The van der Waals surface area contributed by atoms with E-state index in [1.165, 1.54) is 0 Å².